The fourth-order valence-electron chi connectivity index (χ4n) is 2.99. The van der Waals surface area contributed by atoms with Crippen LogP contribution >= 0.6 is 0 Å². The van der Waals surface area contributed by atoms with Crippen molar-refractivity contribution in [3.05, 3.63) is 94.7 Å². The molecule has 1 aromatic heterocycles. The number of nitrogens with zero attached hydrogens (tertiary/aromatic N) is 2. The Morgan fingerprint density at radius 1 is 0.933 bits per heavy atom. The maximum atomic E-state index is 12.3. The van der Waals surface area contributed by atoms with E-state index in [1.165, 1.54) is 12.1 Å². The molecule has 8 nitrogen and oxygen atoms in total. The van der Waals surface area contributed by atoms with Gasteiger partial charge in [0.1, 0.15) is 0 Å². The number of fused-ring (bicyclic) bond motifs is 1. The summed E-state index contributed by atoms with van der Waals surface area (Å²) >= 11 is 0. The van der Waals surface area contributed by atoms with Crippen LogP contribution in [0.3, 0.4) is 0 Å². The van der Waals surface area contributed by atoms with Gasteiger partial charge in [-0.2, -0.15) is 0 Å². The molecule has 0 bridgehead atoms. The zero-order chi connectivity index (χ0) is 21.1. The molecule has 4 N–H and O–H groups in total. The van der Waals surface area contributed by atoms with E-state index in [0.29, 0.717) is 33.5 Å². The van der Waals surface area contributed by atoms with Gasteiger partial charge in [-0.15, -0.1) is 0 Å². The van der Waals surface area contributed by atoms with Gasteiger partial charge in [-0.3, -0.25) is 19.9 Å². The Morgan fingerprint density at radius 3 is 2.33 bits per heavy atom. The highest BCUT2D eigenvalue weighted by atomic mass is 16.6. The van der Waals surface area contributed by atoms with Crippen molar-refractivity contribution in [3.63, 3.8) is 0 Å². The number of amides is 1. The first kappa shape index (κ1) is 18.9. The van der Waals surface area contributed by atoms with Gasteiger partial charge < -0.3 is 16.4 Å². The first-order valence-electron chi connectivity index (χ1n) is 9.07. The van der Waals surface area contributed by atoms with E-state index in [4.69, 9.17) is 5.73 Å². The standard InChI is InChI=1S/C22H17N5O3/c23-15-3-1-14(2-4-15)22(28)26-17-7-5-16(6-8-17)25-21-11-12-24-20-10-9-18(27(29)30)13-19(20)21/h1-13H,23H2,(H,24,25)(H,26,28). The molecule has 1 amide bonds. The van der Waals surface area contributed by atoms with Crippen molar-refractivity contribution in [2.24, 2.45) is 0 Å². The van der Waals surface area contributed by atoms with Gasteiger partial charge in [-0.25, -0.2) is 0 Å². The predicted molar refractivity (Wildman–Crippen MR) is 117 cm³/mol. The zero-order valence-electron chi connectivity index (χ0n) is 15.7. The molecule has 0 spiro atoms. The Kier molecular flexibility index (Phi) is 4.96. The van der Waals surface area contributed by atoms with Gasteiger partial charge in [0.15, 0.2) is 0 Å². The minimum absolute atomic E-state index is 0.000668. The van der Waals surface area contributed by atoms with Crippen LogP contribution in [0.15, 0.2) is 79.0 Å². The third-order valence-corrected chi connectivity index (χ3v) is 4.53. The van der Waals surface area contributed by atoms with Gasteiger partial charge in [0.2, 0.25) is 0 Å². The van der Waals surface area contributed by atoms with E-state index in [0.717, 1.165) is 5.69 Å². The highest BCUT2D eigenvalue weighted by molar-refractivity contribution is 6.04. The molecule has 8 heteroatoms. The van der Waals surface area contributed by atoms with E-state index >= 15 is 0 Å². The highest BCUT2D eigenvalue weighted by Gasteiger charge is 2.10. The van der Waals surface area contributed by atoms with E-state index in [9.17, 15) is 14.9 Å². The fourth-order valence-corrected chi connectivity index (χ4v) is 2.99. The number of nitrogen functional groups attached to an aromatic ring is 1. The molecule has 0 fully saturated rings. The molecule has 4 rings (SSSR count). The summed E-state index contributed by atoms with van der Waals surface area (Å²) in [6.45, 7) is 0. The minimum atomic E-state index is -0.436. The lowest BCUT2D eigenvalue weighted by Gasteiger charge is -2.11. The summed E-state index contributed by atoms with van der Waals surface area (Å²) in [4.78, 5) is 27.2. The van der Waals surface area contributed by atoms with Gasteiger partial charge in [0, 0.05) is 52.0 Å². The number of nitrogens with one attached hydrogen (secondary N) is 2. The van der Waals surface area contributed by atoms with Gasteiger partial charge in [0.05, 0.1) is 10.4 Å². The van der Waals surface area contributed by atoms with Gasteiger partial charge in [-0.1, -0.05) is 0 Å². The number of non-ortho nitro benzene ring substituents is 1. The molecule has 0 saturated carbocycles. The van der Waals surface area contributed by atoms with Crippen molar-refractivity contribution in [3.8, 4) is 0 Å². The Morgan fingerprint density at radius 2 is 1.63 bits per heavy atom. The summed E-state index contributed by atoms with van der Waals surface area (Å²) < 4.78 is 0. The SMILES string of the molecule is Nc1ccc(C(=O)Nc2ccc(Nc3ccnc4ccc([N+](=O)[O-])cc34)cc2)cc1. The molecule has 30 heavy (non-hydrogen) atoms. The first-order valence-corrected chi connectivity index (χ1v) is 9.07. The van der Waals surface area contributed by atoms with Crippen LogP contribution in [0.4, 0.5) is 28.4 Å². The summed E-state index contributed by atoms with van der Waals surface area (Å²) in [7, 11) is 0. The number of pyridine rings is 1. The lowest BCUT2D eigenvalue weighted by atomic mass is 10.1. The molecule has 4 aromatic rings. The van der Waals surface area contributed by atoms with Crippen LogP contribution < -0.4 is 16.4 Å². The fraction of sp³-hybridized carbons (Fsp3) is 0. The Balaban J connectivity index is 1.52. The lowest BCUT2D eigenvalue weighted by Crippen LogP contribution is -2.11. The van der Waals surface area contributed by atoms with Crippen molar-refractivity contribution < 1.29 is 9.72 Å². The van der Waals surface area contributed by atoms with E-state index < -0.39 is 4.92 Å². The summed E-state index contributed by atoms with van der Waals surface area (Å²) in [5, 5.41) is 17.8. The van der Waals surface area contributed by atoms with Crippen molar-refractivity contribution in [2.75, 3.05) is 16.4 Å². The number of hydrogen-bond acceptors (Lipinski definition) is 6. The van der Waals surface area contributed by atoms with Crippen molar-refractivity contribution in [2.45, 2.75) is 0 Å². The van der Waals surface area contributed by atoms with Crippen molar-refractivity contribution in [1.82, 2.24) is 4.98 Å². The molecular formula is C22H17N5O3. The molecule has 0 atom stereocenters. The molecular weight excluding hydrogens is 382 g/mol. The van der Waals surface area contributed by atoms with E-state index in [2.05, 4.69) is 15.6 Å². The van der Waals surface area contributed by atoms with E-state index in [1.807, 2.05) is 12.1 Å². The maximum Gasteiger partial charge on any atom is 0.270 e. The number of nitro groups is 1. The second kappa shape index (κ2) is 7.88. The van der Waals surface area contributed by atoms with Crippen LogP contribution in [0.5, 0.6) is 0 Å². The average Bonchev–Trinajstić information content (AvgIpc) is 2.75. The minimum Gasteiger partial charge on any atom is -0.399 e. The van der Waals surface area contributed by atoms with Crippen molar-refractivity contribution >= 4 is 45.2 Å². The lowest BCUT2D eigenvalue weighted by molar-refractivity contribution is -0.384. The van der Waals surface area contributed by atoms with Gasteiger partial charge in [-0.05, 0) is 60.7 Å². The number of carbonyl (C=O) groups is 1. The van der Waals surface area contributed by atoms with Gasteiger partial charge >= 0.3 is 0 Å². The molecule has 0 radical (unpaired) electrons. The van der Waals surface area contributed by atoms with Crippen LogP contribution in [0.2, 0.25) is 0 Å². The Labute approximate surface area is 171 Å². The number of hydrogen-bond donors (Lipinski definition) is 3. The largest absolute Gasteiger partial charge is 0.399 e. The smallest absolute Gasteiger partial charge is 0.270 e. The topological polar surface area (TPSA) is 123 Å². The summed E-state index contributed by atoms with van der Waals surface area (Å²) in [5.41, 5.74) is 9.49. The molecule has 148 valence electrons. The predicted octanol–water partition coefficient (Wildman–Crippen LogP) is 4.72. The van der Waals surface area contributed by atoms with Crippen LogP contribution in [0.25, 0.3) is 10.9 Å². The summed E-state index contributed by atoms with van der Waals surface area (Å²) in [6, 6.07) is 20.1. The molecule has 0 saturated heterocycles. The van der Waals surface area contributed by atoms with Gasteiger partial charge in [0.25, 0.3) is 11.6 Å². The monoisotopic (exact) mass is 399 g/mol. The normalized spacial score (nSPS) is 10.5. The summed E-state index contributed by atoms with van der Waals surface area (Å²) in [6.07, 6.45) is 1.64. The number of anilines is 4. The number of carbonyl (C=O) groups excluding carboxylic acids is 1. The maximum absolute atomic E-state index is 12.3. The van der Waals surface area contributed by atoms with E-state index in [1.54, 1.807) is 54.7 Å². The van der Waals surface area contributed by atoms with Crippen LogP contribution in [-0.4, -0.2) is 15.8 Å². The quantitative estimate of drug-likeness (QED) is 0.253. The average molecular weight is 399 g/mol. The van der Waals surface area contributed by atoms with Crippen molar-refractivity contribution in [1.29, 1.82) is 0 Å². The zero-order valence-corrected chi connectivity index (χ0v) is 15.7. The molecule has 0 aliphatic rings. The number of benzene rings is 3. The molecule has 3 aromatic carbocycles. The van der Waals surface area contributed by atoms with Crippen LogP contribution in [-0.2, 0) is 0 Å². The third kappa shape index (κ3) is 4.02. The van der Waals surface area contributed by atoms with Crippen LogP contribution in [0, 0.1) is 10.1 Å². The number of nitrogens with two attached hydrogens (primary N) is 1. The first-order chi connectivity index (χ1) is 14.5. The van der Waals surface area contributed by atoms with E-state index in [-0.39, 0.29) is 11.6 Å². The molecule has 1 heterocycles. The third-order valence-electron chi connectivity index (χ3n) is 4.53. The highest BCUT2D eigenvalue weighted by Crippen LogP contribution is 2.28. The number of rotatable bonds is 5. The molecule has 0 aliphatic carbocycles. The Bertz CT molecular complexity index is 1240. The molecule has 0 unspecified atom stereocenters. The number of nitro benzene ring substituents is 1. The number of aromatic nitrogens is 1. The second-order valence-corrected chi connectivity index (χ2v) is 6.60. The Hall–Kier alpha value is -4.46. The molecule has 0 aliphatic heterocycles. The van der Waals surface area contributed by atoms with Crippen LogP contribution in [0.1, 0.15) is 10.4 Å². The summed E-state index contributed by atoms with van der Waals surface area (Å²) in [5.74, 6) is -0.233. The second-order valence-electron chi connectivity index (χ2n) is 6.60.